The first kappa shape index (κ1) is 8.66. The molecule has 1 N–H and O–H groups in total. The average Bonchev–Trinajstić information content (AvgIpc) is 1.87. The second-order valence-electron chi connectivity index (χ2n) is 1.54. The van der Waals surface area contributed by atoms with E-state index in [4.69, 9.17) is 10.4 Å². The Bertz CT molecular complexity index is 190. The number of hydrogen-bond donors (Lipinski definition) is 1. The zero-order chi connectivity index (χ0) is 7.98. The van der Waals surface area contributed by atoms with Crippen molar-refractivity contribution in [3.63, 3.8) is 0 Å². The van der Waals surface area contributed by atoms with Crippen LogP contribution in [-0.2, 0) is 9.53 Å². The minimum absolute atomic E-state index is 0.0370. The molecule has 4 nitrogen and oxygen atoms in total. The lowest BCUT2D eigenvalue weighted by Gasteiger charge is -1.95. The molecular formula is C6H7NO3. The number of allylic oxidation sites excluding steroid dienone is 1. The van der Waals surface area contributed by atoms with Gasteiger partial charge in [0, 0.05) is 13.2 Å². The van der Waals surface area contributed by atoms with Crippen LogP contribution in [0.4, 0.5) is 0 Å². The van der Waals surface area contributed by atoms with Crippen LogP contribution in [0, 0.1) is 11.3 Å². The Hall–Kier alpha value is -1.34. The Kier molecular flexibility index (Phi) is 3.92. The number of hydrogen-bond acceptors (Lipinski definition) is 3. The number of nitriles is 1. The number of methoxy groups -OCH3 is 1. The number of aliphatic carboxylic acids is 1. The van der Waals surface area contributed by atoms with Crippen molar-refractivity contribution in [3.05, 3.63) is 11.6 Å². The highest BCUT2D eigenvalue weighted by Gasteiger charge is 2.04. The predicted molar refractivity (Wildman–Crippen MR) is 33.2 cm³/mol. The van der Waals surface area contributed by atoms with Crippen molar-refractivity contribution < 1.29 is 14.6 Å². The molecule has 54 valence electrons. The molecule has 0 aliphatic carbocycles. The van der Waals surface area contributed by atoms with Crippen LogP contribution in [0.3, 0.4) is 0 Å². The van der Waals surface area contributed by atoms with E-state index in [1.807, 2.05) is 0 Å². The molecule has 0 unspecified atom stereocenters. The molecular weight excluding hydrogens is 134 g/mol. The van der Waals surface area contributed by atoms with Crippen molar-refractivity contribution in [3.8, 4) is 6.07 Å². The maximum absolute atomic E-state index is 10.2. The van der Waals surface area contributed by atoms with E-state index in [2.05, 4.69) is 4.74 Å². The number of nitrogens with zero attached hydrogens (tertiary/aromatic N) is 1. The molecule has 4 heteroatoms. The largest absolute Gasteiger partial charge is 0.478 e. The second-order valence-corrected chi connectivity index (χ2v) is 1.54. The third kappa shape index (κ3) is 2.84. The Balaban J connectivity index is 4.15. The highest BCUT2D eigenvalue weighted by atomic mass is 16.5. The summed E-state index contributed by atoms with van der Waals surface area (Å²) >= 11 is 0. The quantitative estimate of drug-likeness (QED) is 0.449. The van der Waals surface area contributed by atoms with Crippen LogP contribution in [0.25, 0.3) is 0 Å². The van der Waals surface area contributed by atoms with Crippen molar-refractivity contribution in [1.82, 2.24) is 0 Å². The Morgan fingerprint density at radius 2 is 2.50 bits per heavy atom. The van der Waals surface area contributed by atoms with E-state index in [1.165, 1.54) is 7.11 Å². The fraction of sp³-hybridized carbons (Fsp3) is 0.333. The molecule has 0 radical (unpaired) electrons. The normalized spacial score (nSPS) is 10.6. The van der Waals surface area contributed by atoms with E-state index in [1.54, 1.807) is 6.07 Å². The van der Waals surface area contributed by atoms with E-state index in [0.717, 1.165) is 6.08 Å². The number of carboxylic acid groups (broad SMARTS) is 1. The molecule has 0 bridgehead atoms. The van der Waals surface area contributed by atoms with Crippen molar-refractivity contribution in [2.75, 3.05) is 13.7 Å². The molecule has 10 heavy (non-hydrogen) atoms. The average molecular weight is 141 g/mol. The third-order valence-electron chi connectivity index (χ3n) is 0.813. The van der Waals surface area contributed by atoms with Crippen molar-refractivity contribution >= 4 is 5.97 Å². The topological polar surface area (TPSA) is 70.3 Å². The summed E-state index contributed by atoms with van der Waals surface area (Å²) in [5.41, 5.74) is -0.0370. The molecule has 0 atom stereocenters. The van der Waals surface area contributed by atoms with Gasteiger partial charge in [-0.2, -0.15) is 5.26 Å². The monoisotopic (exact) mass is 141 g/mol. The van der Waals surface area contributed by atoms with Crippen LogP contribution in [-0.4, -0.2) is 24.8 Å². The van der Waals surface area contributed by atoms with Gasteiger partial charge >= 0.3 is 5.97 Å². The summed E-state index contributed by atoms with van der Waals surface area (Å²) in [5.74, 6) is -1.12. The molecule has 0 aromatic rings. The van der Waals surface area contributed by atoms with Gasteiger partial charge in [-0.05, 0) is 0 Å². The van der Waals surface area contributed by atoms with Gasteiger partial charge in [0.2, 0.25) is 0 Å². The zero-order valence-corrected chi connectivity index (χ0v) is 5.50. The van der Waals surface area contributed by atoms with Crippen LogP contribution >= 0.6 is 0 Å². The fourth-order valence-corrected chi connectivity index (χ4v) is 0.399. The molecule has 0 aromatic carbocycles. The van der Waals surface area contributed by atoms with Crippen LogP contribution in [0.5, 0.6) is 0 Å². The molecule has 0 heterocycles. The SMILES string of the molecule is COC/C(=C\C#N)C(=O)O. The number of carbonyl (C=O) groups is 1. The van der Waals surface area contributed by atoms with Gasteiger partial charge in [-0.3, -0.25) is 0 Å². The molecule has 0 rings (SSSR count). The van der Waals surface area contributed by atoms with Gasteiger partial charge in [-0.15, -0.1) is 0 Å². The first-order valence-corrected chi connectivity index (χ1v) is 2.53. The lowest BCUT2D eigenvalue weighted by molar-refractivity contribution is -0.133. The zero-order valence-electron chi connectivity index (χ0n) is 5.50. The standard InChI is InChI=1S/C6H7NO3/c1-10-4-5(2-3-7)6(8)9/h2H,4H2,1H3,(H,8,9)/b5-2+. The molecule has 0 saturated heterocycles. The van der Waals surface area contributed by atoms with Crippen LogP contribution in [0.15, 0.2) is 11.6 Å². The van der Waals surface area contributed by atoms with Gasteiger partial charge in [0.1, 0.15) is 0 Å². The number of carboxylic acids is 1. The summed E-state index contributed by atoms with van der Waals surface area (Å²) < 4.78 is 4.52. The summed E-state index contributed by atoms with van der Waals surface area (Å²) in [7, 11) is 1.37. The van der Waals surface area contributed by atoms with Crippen LogP contribution < -0.4 is 0 Å². The maximum atomic E-state index is 10.2. The Morgan fingerprint density at radius 1 is 1.90 bits per heavy atom. The first-order valence-electron chi connectivity index (χ1n) is 2.53. The summed E-state index contributed by atoms with van der Waals surface area (Å²) in [5, 5.41) is 16.4. The van der Waals surface area contributed by atoms with Crippen LogP contribution in [0.2, 0.25) is 0 Å². The van der Waals surface area contributed by atoms with E-state index in [0.29, 0.717) is 0 Å². The fourth-order valence-electron chi connectivity index (χ4n) is 0.399. The Morgan fingerprint density at radius 3 is 2.80 bits per heavy atom. The van der Waals surface area contributed by atoms with E-state index in [-0.39, 0.29) is 12.2 Å². The van der Waals surface area contributed by atoms with Gasteiger partial charge in [0.05, 0.1) is 18.2 Å². The molecule has 0 amide bonds. The number of ether oxygens (including phenoxy) is 1. The molecule has 0 fully saturated rings. The lowest BCUT2D eigenvalue weighted by atomic mass is 10.3. The molecule has 0 aromatic heterocycles. The summed E-state index contributed by atoms with van der Waals surface area (Å²) in [6.07, 6.45) is 0.950. The van der Waals surface area contributed by atoms with Gasteiger partial charge in [-0.1, -0.05) is 0 Å². The van der Waals surface area contributed by atoms with Crippen LogP contribution in [0.1, 0.15) is 0 Å². The summed E-state index contributed by atoms with van der Waals surface area (Å²) in [6.45, 7) is -0.0388. The summed E-state index contributed by atoms with van der Waals surface area (Å²) in [6, 6.07) is 1.61. The minimum Gasteiger partial charge on any atom is -0.478 e. The molecule has 0 spiro atoms. The van der Waals surface area contributed by atoms with Crippen molar-refractivity contribution in [1.29, 1.82) is 5.26 Å². The smallest absolute Gasteiger partial charge is 0.334 e. The van der Waals surface area contributed by atoms with Gasteiger partial charge < -0.3 is 9.84 Å². The molecule has 0 saturated carbocycles. The highest BCUT2D eigenvalue weighted by molar-refractivity contribution is 5.87. The van der Waals surface area contributed by atoms with Gasteiger partial charge in [0.25, 0.3) is 0 Å². The third-order valence-corrected chi connectivity index (χ3v) is 0.813. The second kappa shape index (κ2) is 4.53. The van der Waals surface area contributed by atoms with Crippen molar-refractivity contribution in [2.24, 2.45) is 0 Å². The van der Waals surface area contributed by atoms with Gasteiger partial charge in [0.15, 0.2) is 0 Å². The number of rotatable bonds is 3. The van der Waals surface area contributed by atoms with E-state index < -0.39 is 5.97 Å². The van der Waals surface area contributed by atoms with Crippen molar-refractivity contribution in [2.45, 2.75) is 0 Å². The maximum Gasteiger partial charge on any atom is 0.334 e. The minimum atomic E-state index is -1.12. The predicted octanol–water partition coefficient (Wildman–Crippen LogP) is 0.167. The van der Waals surface area contributed by atoms with E-state index >= 15 is 0 Å². The van der Waals surface area contributed by atoms with Gasteiger partial charge in [-0.25, -0.2) is 4.79 Å². The summed E-state index contributed by atoms with van der Waals surface area (Å²) in [4.78, 5) is 10.2. The van der Waals surface area contributed by atoms with E-state index in [9.17, 15) is 4.79 Å². The molecule has 0 aliphatic rings. The molecule has 0 aliphatic heterocycles. The highest BCUT2D eigenvalue weighted by Crippen LogP contribution is 1.93. The Labute approximate surface area is 58.3 Å². The first-order chi connectivity index (χ1) is 4.72. The lowest BCUT2D eigenvalue weighted by Crippen LogP contribution is -2.06.